The van der Waals surface area contributed by atoms with Gasteiger partial charge >= 0.3 is 23.9 Å². The van der Waals surface area contributed by atoms with E-state index in [-0.39, 0.29) is 13.0 Å². The molecule has 1 rings (SSSR count). The van der Waals surface area contributed by atoms with Gasteiger partial charge in [-0.05, 0) is 0 Å². The number of carbonyl (C=O) groups is 5. The van der Waals surface area contributed by atoms with E-state index < -0.39 is 63.8 Å². The monoisotopic (exact) mass is 558 g/mol. The fourth-order valence-corrected chi connectivity index (χ4v) is 4.07. The van der Waals surface area contributed by atoms with Crippen molar-refractivity contribution in [2.45, 2.75) is 68.1 Å². The topological polar surface area (TPSA) is 170 Å². The van der Waals surface area contributed by atoms with E-state index in [0.29, 0.717) is 0 Å². The molecule has 0 bridgehead atoms. The van der Waals surface area contributed by atoms with Crippen molar-refractivity contribution in [3.63, 3.8) is 0 Å². The molecular formula is C18H27IN2O10. The summed E-state index contributed by atoms with van der Waals surface area (Å²) in [6.45, 7) is 4.44. The lowest BCUT2D eigenvalue weighted by Crippen LogP contribution is -2.70. The maximum Gasteiger partial charge on any atom is 0.353 e. The summed E-state index contributed by atoms with van der Waals surface area (Å²) in [6.07, 6.45) is -3.49. The van der Waals surface area contributed by atoms with Crippen LogP contribution in [0.15, 0.2) is 0 Å². The Morgan fingerprint density at radius 3 is 2.19 bits per heavy atom. The third kappa shape index (κ3) is 7.88. The van der Waals surface area contributed by atoms with Gasteiger partial charge in [0.05, 0.1) is 23.2 Å². The second-order valence-electron chi connectivity index (χ2n) is 6.94. The summed E-state index contributed by atoms with van der Waals surface area (Å²) in [5, 5.41) is 2.63. The van der Waals surface area contributed by atoms with Gasteiger partial charge in [-0.3, -0.25) is 24.9 Å². The summed E-state index contributed by atoms with van der Waals surface area (Å²) in [5.74, 6) is -3.33. The second-order valence-corrected chi connectivity index (χ2v) is 8.38. The van der Waals surface area contributed by atoms with E-state index in [1.165, 1.54) is 20.8 Å². The average Bonchev–Trinajstić information content (AvgIpc) is 2.64. The Morgan fingerprint density at radius 1 is 1.13 bits per heavy atom. The van der Waals surface area contributed by atoms with Crippen molar-refractivity contribution in [3.05, 3.63) is 0 Å². The number of nitrogens with one attached hydrogen (secondary N) is 1. The smallest absolute Gasteiger partial charge is 0.353 e. The molecule has 1 heterocycles. The Kier molecular flexibility index (Phi) is 10.1. The van der Waals surface area contributed by atoms with Gasteiger partial charge in [0, 0.05) is 34.1 Å². The standard InChI is InChI=1S/C18H27IN2O10/c1-8(22)21-15-12(29-10(3)24)6-18(20,17(26)27-5)31-16(15)14(19)13(30-11(4)25)7-28-9(2)23/h12-16H,6-7,20H2,1-5H3,(H,21,22)/t12-,13?,14?,15-,16?,18-/m1/s1. The summed E-state index contributed by atoms with van der Waals surface area (Å²) in [6, 6.07) is -0.958. The zero-order chi connectivity index (χ0) is 23.9. The van der Waals surface area contributed by atoms with Crippen LogP contribution in [-0.4, -0.2) is 77.5 Å². The average molecular weight is 558 g/mol. The molecule has 1 aliphatic heterocycles. The minimum absolute atomic E-state index is 0.299. The molecule has 1 aliphatic rings. The molecule has 0 radical (unpaired) electrons. The number of nitrogens with two attached hydrogens (primary N) is 1. The van der Waals surface area contributed by atoms with Crippen molar-refractivity contribution in [2.75, 3.05) is 13.7 Å². The lowest BCUT2D eigenvalue weighted by atomic mass is 9.88. The van der Waals surface area contributed by atoms with Gasteiger partial charge in [-0.2, -0.15) is 0 Å². The van der Waals surface area contributed by atoms with Crippen LogP contribution >= 0.6 is 22.6 Å². The summed E-state index contributed by atoms with van der Waals surface area (Å²) in [5.41, 5.74) is 4.11. The van der Waals surface area contributed by atoms with E-state index in [4.69, 9.17) is 29.4 Å². The van der Waals surface area contributed by atoms with E-state index >= 15 is 0 Å². The van der Waals surface area contributed by atoms with Crippen LogP contribution in [0.3, 0.4) is 0 Å². The van der Waals surface area contributed by atoms with Crippen LogP contribution < -0.4 is 11.1 Å². The molecule has 13 heteroatoms. The number of methoxy groups -OCH3 is 1. The number of rotatable bonds is 8. The first-order valence-corrected chi connectivity index (χ1v) is 10.5. The molecule has 0 aromatic rings. The molecule has 0 spiro atoms. The van der Waals surface area contributed by atoms with Crippen molar-refractivity contribution in [2.24, 2.45) is 5.73 Å². The lowest BCUT2D eigenvalue weighted by molar-refractivity contribution is -0.214. The molecule has 1 fully saturated rings. The largest absolute Gasteiger partial charge is 0.466 e. The van der Waals surface area contributed by atoms with E-state index in [0.717, 1.165) is 14.0 Å². The first kappa shape index (κ1) is 27.0. The highest BCUT2D eigenvalue weighted by Crippen LogP contribution is 2.34. The van der Waals surface area contributed by atoms with Crippen molar-refractivity contribution in [1.82, 2.24) is 5.32 Å². The van der Waals surface area contributed by atoms with E-state index in [9.17, 15) is 24.0 Å². The predicted molar refractivity (Wildman–Crippen MR) is 112 cm³/mol. The Hall–Kier alpha value is -2.00. The maximum absolute atomic E-state index is 12.3. The Morgan fingerprint density at radius 2 is 1.74 bits per heavy atom. The van der Waals surface area contributed by atoms with Crippen molar-refractivity contribution in [1.29, 1.82) is 0 Å². The molecule has 0 aliphatic carbocycles. The molecule has 1 saturated heterocycles. The minimum Gasteiger partial charge on any atom is -0.466 e. The summed E-state index contributed by atoms with van der Waals surface area (Å²) < 4.78 is 25.3. The molecule has 31 heavy (non-hydrogen) atoms. The Balaban J connectivity index is 3.39. The second kappa shape index (κ2) is 11.6. The van der Waals surface area contributed by atoms with Crippen LogP contribution in [-0.2, 0) is 47.7 Å². The van der Waals surface area contributed by atoms with Crippen LogP contribution in [0.4, 0.5) is 0 Å². The highest BCUT2D eigenvalue weighted by molar-refractivity contribution is 14.1. The molecule has 3 N–H and O–H groups in total. The summed E-state index contributed by atoms with van der Waals surface area (Å²) in [7, 11) is 1.11. The number of esters is 4. The van der Waals surface area contributed by atoms with Gasteiger partial charge in [-0.15, -0.1) is 0 Å². The van der Waals surface area contributed by atoms with Gasteiger partial charge < -0.3 is 29.0 Å². The normalized spacial score (nSPS) is 27.3. The highest BCUT2D eigenvalue weighted by atomic mass is 127. The van der Waals surface area contributed by atoms with Gasteiger partial charge in [0.2, 0.25) is 11.6 Å². The SMILES string of the molecule is COC(=O)[C@@]1(N)C[C@@H](OC(C)=O)[C@@H](NC(C)=O)C(C(I)C(COC(C)=O)OC(C)=O)O1. The van der Waals surface area contributed by atoms with Crippen LogP contribution in [0, 0.1) is 0 Å². The Bertz CT molecular complexity index is 717. The zero-order valence-corrected chi connectivity index (χ0v) is 20.0. The number of hydrogen-bond acceptors (Lipinski definition) is 11. The van der Waals surface area contributed by atoms with Crippen molar-refractivity contribution < 1.29 is 47.7 Å². The number of alkyl halides is 1. The molecule has 0 aromatic carbocycles. The van der Waals surface area contributed by atoms with E-state index in [1.807, 2.05) is 22.6 Å². The van der Waals surface area contributed by atoms with Crippen molar-refractivity contribution in [3.8, 4) is 0 Å². The molecule has 0 aromatic heterocycles. The fraction of sp³-hybridized carbons (Fsp3) is 0.722. The van der Waals surface area contributed by atoms with Crippen molar-refractivity contribution >= 4 is 52.4 Å². The molecule has 12 nitrogen and oxygen atoms in total. The summed E-state index contributed by atoms with van der Waals surface area (Å²) >= 11 is 1.87. The van der Waals surface area contributed by atoms with Gasteiger partial charge in [-0.25, -0.2) is 4.79 Å². The number of halogens is 1. The molecule has 1 amide bonds. The molecule has 3 unspecified atom stereocenters. The first-order chi connectivity index (χ1) is 14.3. The van der Waals surface area contributed by atoms with Crippen LogP contribution in [0.1, 0.15) is 34.1 Å². The fourth-order valence-electron chi connectivity index (χ4n) is 3.12. The van der Waals surface area contributed by atoms with Gasteiger partial charge in [0.15, 0.2) is 6.10 Å². The number of ether oxygens (including phenoxy) is 5. The molecular weight excluding hydrogens is 531 g/mol. The quantitative estimate of drug-likeness (QED) is 0.168. The third-order valence-electron chi connectivity index (χ3n) is 4.26. The Labute approximate surface area is 192 Å². The van der Waals surface area contributed by atoms with E-state index in [2.05, 4.69) is 5.32 Å². The molecule has 6 atom stereocenters. The highest BCUT2D eigenvalue weighted by Gasteiger charge is 2.55. The lowest BCUT2D eigenvalue weighted by Gasteiger charge is -2.47. The minimum atomic E-state index is -2.01. The number of carbonyl (C=O) groups excluding carboxylic acids is 5. The third-order valence-corrected chi connectivity index (χ3v) is 5.77. The summed E-state index contributed by atoms with van der Waals surface area (Å²) in [4.78, 5) is 58.7. The van der Waals surface area contributed by atoms with Gasteiger partial charge in [0.25, 0.3) is 0 Å². The van der Waals surface area contributed by atoms with E-state index in [1.54, 1.807) is 0 Å². The molecule has 0 saturated carbocycles. The molecule has 176 valence electrons. The number of hydrogen-bond donors (Lipinski definition) is 2. The first-order valence-electron chi connectivity index (χ1n) is 9.24. The van der Waals surface area contributed by atoms with Crippen LogP contribution in [0.25, 0.3) is 0 Å². The predicted octanol–water partition coefficient (Wildman–Crippen LogP) is -0.662. The van der Waals surface area contributed by atoms with Crippen LogP contribution in [0.2, 0.25) is 0 Å². The van der Waals surface area contributed by atoms with Crippen LogP contribution in [0.5, 0.6) is 0 Å². The zero-order valence-electron chi connectivity index (χ0n) is 17.8. The number of amides is 1. The maximum atomic E-state index is 12.3. The van der Waals surface area contributed by atoms with Gasteiger partial charge in [-0.1, -0.05) is 22.6 Å². The van der Waals surface area contributed by atoms with Gasteiger partial charge in [0.1, 0.15) is 12.7 Å².